The molecule has 0 aliphatic rings. The Morgan fingerprint density at radius 2 is 1.81 bits per heavy atom. The summed E-state index contributed by atoms with van der Waals surface area (Å²) < 4.78 is 5.58. The zero-order valence-corrected chi connectivity index (χ0v) is 13.2. The zero-order valence-electron chi connectivity index (χ0n) is 12.4. The minimum absolute atomic E-state index is 0.665. The van der Waals surface area contributed by atoms with E-state index in [9.17, 15) is 0 Å². The summed E-state index contributed by atoms with van der Waals surface area (Å²) in [6, 6.07) is 14.0. The van der Waals surface area contributed by atoms with Crippen LogP contribution < -0.4 is 15.4 Å². The molecule has 3 nitrogen and oxygen atoms in total. The molecule has 0 aromatic heterocycles. The molecule has 0 aliphatic carbocycles. The normalized spacial score (nSPS) is 10.2. The number of nitrogens with one attached hydrogen (secondary N) is 2. The molecule has 0 heterocycles. The topological polar surface area (TPSA) is 33.3 Å². The number of hydrogen-bond acceptors (Lipinski definition) is 3. The second kappa shape index (κ2) is 7.79. The summed E-state index contributed by atoms with van der Waals surface area (Å²) >= 11 is 6.11. The lowest BCUT2D eigenvalue weighted by atomic mass is 10.2. The summed E-state index contributed by atoms with van der Waals surface area (Å²) in [5.74, 6) is 0.887. The van der Waals surface area contributed by atoms with E-state index in [0.717, 1.165) is 40.8 Å². The Kier molecular flexibility index (Phi) is 5.76. The summed E-state index contributed by atoms with van der Waals surface area (Å²) in [6.07, 6.45) is 0. The summed E-state index contributed by atoms with van der Waals surface area (Å²) in [6.45, 7) is 6.26. The molecule has 0 radical (unpaired) electrons. The highest BCUT2D eigenvalue weighted by molar-refractivity contribution is 6.31. The van der Waals surface area contributed by atoms with Gasteiger partial charge in [-0.1, -0.05) is 29.8 Å². The van der Waals surface area contributed by atoms with E-state index in [2.05, 4.69) is 10.6 Å². The third-order valence-electron chi connectivity index (χ3n) is 3.13. The zero-order chi connectivity index (χ0) is 15.1. The number of benzene rings is 2. The van der Waals surface area contributed by atoms with E-state index in [1.165, 1.54) is 0 Å². The fraction of sp³-hybridized carbons (Fsp3) is 0.294. The first kappa shape index (κ1) is 15.5. The molecule has 0 saturated heterocycles. The molecular formula is C17H21ClN2O. The van der Waals surface area contributed by atoms with Crippen LogP contribution in [0.25, 0.3) is 0 Å². The maximum absolute atomic E-state index is 6.11. The van der Waals surface area contributed by atoms with E-state index < -0.39 is 0 Å². The third-order valence-corrected chi connectivity index (χ3v) is 3.54. The van der Waals surface area contributed by atoms with Crippen molar-refractivity contribution in [2.24, 2.45) is 0 Å². The minimum atomic E-state index is 0.665. The number of hydrogen-bond donors (Lipinski definition) is 2. The molecule has 0 bridgehead atoms. The summed E-state index contributed by atoms with van der Waals surface area (Å²) in [5.41, 5.74) is 3.14. The first-order chi connectivity index (χ1) is 10.2. The number of aryl methyl sites for hydroxylation is 1. The first-order valence-electron chi connectivity index (χ1n) is 7.16. The third kappa shape index (κ3) is 4.57. The Hall–Kier alpha value is -1.87. The second-order valence-corrected chi connectivity index (χ2v) is 5.15. The van der Waals surface area contributed by atoms with Gasteiger partial charge in [0.2, 0.25) is 0 Å². The van der Waals surface area contributed by atoms with Crippen molar-refractivity contribution >= 4 is 23.0 Å². The van der Waals surface area contributed by atoms with Crippen molar-refractivity contribution in [1.29, 1.82) is 0 Å². The number of ether oxygens (including phenoxy) is 1. The molecule has 0 spiro atoms. The van der Waals surface area contributed by atoms with Gasteiger partial charge in [-0.2, -0.15) is 0 Å². The van der Waals surface area contributed by atoms with Gasteiger partial charge in [-0.3, -0.25) is 0 Å². The molecule has 0 amide bonds. The van der Waals surface area contributed by atoms with Gasteiger partial charge in [0.1, 0.15) is 5.75 Å². The molecule has 2 aromatic rings. The summed E-state index contributed by atoms with van der Waals surface area (Å²) in [4.78, 5) is 0. The minimum Gasteiger partial charge on any atom is -0.492 e. The molecule has 0 unspecified atom stereocenters. The van der Waals surface area contributed by atoms with Crippen molar-refractivity contribution in [3.05, 3.63) is 53.1 Å². The number of rotatable bonds is 7. The van der Waals surface area contributed by atoms with Crippen molar-refractivity contribution in [2.75, 3.05) is 30.3 Å². The highest BCUT2D eigenvalue weighted by atomic mass is 35.5. The first-order valence-corrected chi connectivity index (χ1v) is 7.54. The molecule has 2 aromatic carbocycles. The van der Waals surface area contributed by atoms with Crippen LogP contribution in [0.2, 0.25) is 5.02 Å². The van der Waals surface area contributed by atoms with Gasteiger partial charge in [0.05, 0.1) is 12.3 Å². The molecule has 2 rings (SSSR count). The van der Waals surface area contributed by atoms with E-state index in [1.807, 2.05) is 56.3 Å². The van der Waals surface area contributed by atoms with Crippen molar-refractivity contribution in [3.8, 4) is 5.75 Å². The van der Waals surface area contributed by atoms with Crippen LogP contribution in [0.5, 0.6) is 5.75 Å². The summed E-state index contributed by atoms with van der Waals surface area (Å²) in [5, 5.41) is 7.51. The number of para-hydroxylation sites is 2. The van der Waals surface area contributed by atoms with E-state index in [-0.39, 0.29) is 0 Å². The van der Waals surface area contributed by atoms with Crippen LogP contribution in [-0.4, -0.2) is 19.7 Å². The molecule has 0 atom stereocenters. The molecule has 21 heavy (non-hydrogen) atoms. The lowest BCUT2D eigenvalue weighted by molar-refractivity contribution is 0.342. The van der Waals surface area contributed by atoms with Crippen LogP contribution in [0.3, 0.4) is 0 Å². The van der Waals surface area contributed by atoms with Gasteiger partial charge in [-0.05, 0) is 43.7 Å². The van der Waals surface area contributed by atoms with Gasteiger partial charge in [-0.15, -0.1) is 0 Å². The fourth-order valence-corrected chi connectivity index (χ4v) is 2.18. The lowest BCUT2D eigenvalue weighted by Crippen LogP contribution is -2.14. The van der Waals surface area contributed by atoms with Crippen molar-refractivity contribution < 1.29 is 4.74 Å². The van der Waals surface area contributed by atoms with Gasteiger partial charge < -0.3 is 15.4 Å². The second-order valence-electron chi connectivity index (χ2n) is 4.75. The van der Waals surface area contributed by atoms with E-state index in [1.54, 1.807) is 0 Å². The number of anilines is 2. The number of halogens is 1. The van der Waals surface area contributed by atoms with E-state index >= 15 is 0 Å². The van der Waals surface area contributed by atoms with E-state index in [0.29, 0.717) is 6.61 Å². The molecular weight excluding hydrogens is 284 g/mol. The quantitative estimate of drug-likeness (QED) is 0.735. The van der Waals surface area contributed by atoms with E-state index in [4.69, 9.17) is 16.3 Å². The molecule has 0 fully saturated rings. The Morgan fingerprint density at radius 1 is 1.05 bits per heavy atom. The van der Waals surface area contributed by atoms with Gasteiger partial charge in [-0.25, -0.2) is 0 Å². The average molecular weight is 305 g/mol. The van der Waals surface area contributed by atoms with Gasteiger partial charge in [0, 0.05) is 23.8 Å². The summed E-state index contributed by atoms with van der Waals surface area (Å²) in [7, 11) is 0. The Labute approximate surface area is 131 Å². The predicted molar refractivity (Wildman–Crippen MR) is 90.8 cm³/mol. The predicted octanol–water partition coefficient (Wildman–Crippen LogP) is 4.57. The van der Waals surface area contributed by atoms with Gasteiger partial charge in [0.25, 0.3) is 0 Å². The van der Waals surface area contributed by atoms with Crippen molar-refractivity contribution in [1.82, 2.24) is 0 Å². The Bertz CT molecular complexity index is 587. The SMILES string of the molecule is CCOc1ccccc1NCCNc1ccc(C)c(Cl)c1. The highest BCUT2D eigenvalue weighted by Gasteiger charge is 2.01. The van der Waals surface area contributed by atoms with Crippen LogP contribution in [0.15, 0.2) is 42.5 Å². The highest BCUT2D eigenvalue weighted by Crippen LogP contribution is 2.23. The molecule has 4 heteroatoms. The van der Waals surface area contributed by atoms with Crippen LogP contribution in [0, 0.1) is 6.92 Å². The van der Waals surface area contributed by atoms with Crippen molar-refractivity contribution in [2.45, 2.75) is 13.8 Å². The Morgan fingerprint density at radius 3 is 2.57 bits per heavy atom. The smallest absolute Gasteiger partial charge is 0.142 e. The fourth-order valence-electron chi connectivity index (χ4n) is 2.00. The van der Waals surface area contributed by atoms with Gasteiger partial charge >= 0.3 is 0 Å². The van der Waals surface area contributed by atoms with Gasteiger partial charge in [0.15, 0.2) is 0 Å². The standard InChI is InChI=1S/C17H21ClN2O/c1-3-21-17-7-5-4-6-16(17)20-11-10-19-14-9-8-13(2)15(18)12-14/h4-9,12,19-20H,3,10-11H2,1-2H3. The Balaban J connectivity index is 1.83. The molecule has 112 valence electrons. The maximum Gasteiger partial charge on any atom is 0.142 e. The van der Waals surface area contributed by atoms with Crippen LogP contribution in [-0.2, 0) is 0 Å². The molecule has 2 N–H and O–H groups in total. The van der Waals surface area contributed by atoms with Crippen molar-refractivity contribution in [3.63, 3.8) is 0 Å². The lowest BCUT2D eigenvalue weighted by Gasteiger charge is -2.13. The molecule has 0 aliphatic heterocycles. The van der Waals surface area contributed by atoms with Crippen LogP contribution in [0.1, 0.15) is 12.5 Å². The maximum atomic E-state index is 6.11. The largest absolute Gasteiger partial charge is 0.492 e. The monoisotopic (exact) mass is 304 g/mol. The van der Waals surface area contributed by atoms with Crippen LogP contribution >= 0.6 is 11.6 Å². The molecule has 0 saturated carbocycles. The average Bonchev–Trinajstić information content (AvgIpc) is 2.49. The van der Waals surface area contributed by atoms with Crippen LogP contribution in [0.4, 0.5) is 11.4 Å².